The highest BCUT2D eigenvalue weighted by atomic mass is 16.1. The summed E-state index contributed by atoms with van der Waals surface area (Å²) >= 11 is 0. The smallest absolute Gasteiger partial charge is 0.204 e. The van der Waals surface area contributed by atoms with Crippen molar-refractivity contribution >= 4 is 34.1 Å². The van der Waals surface area contributed by atoms with Gasteiger partial charge in [-0.1, -0.05) is 36.4 Å². The van der Waals surface area contributed by atoms with Crippen LogP contribution in [0.3, 0.4) is 0 Å². The van der Waals surface area contributed by atoms with Crippen LogP contribution in [0.5, 0.6) is 0 Å². The van der Waals surface area contributed by atoms with Crippen molar-refractivity contribution in [3.63, 3.8) is 0 Å². The Morgan fingerprint density at radius 3 is 2.39 bits per heavy atom. The summed E-state index contributed by atoms with van der Waals surface area (Å²) in [6.45, 7) is 3.31. The van der Waals surface area contributed by atoms with Gasteiger partial charge in [-0.15, -0.1) is 10.2 Å². The van der Waals surface area contributed by atoms with Crippen molar-refractivity contribution in [1.82, 2.24) is 24.6 Å². The summed E-state index contributed by atoms with van der Waals surface area (Å²) < 4.78 is 1.92. The Hall–Kier alpha value is -4.33. The van der Waals surface area contributed by atoms with Crippen molar-refractivity contribution in [3.05, 3.63) is 90.4 Å². The first-order chi connectivity index (χ1) is 16.3. The van der Waals surface area contributed by atoms with E-state index in [0.717, 1.165) is 48.8 Å². The largest absolute Gasteiger partial charge is 0.353 e. The van der Waals surface area contributed by atoms with E-state index in [1.54, 1.807) is 6.33 Å². The van der Waals surface area contributed by atoms with Crippen LogP contribution in [-0.4, -0.2) is 56.5 Å². The van der Waals surface area contributed by atoms with E-state index in [4.69, 9.17) is 4.98 Å². The predicted molar refractivity (Wildman–Crippen MR) is 127 cm³/mol. The number of ketones is 1. The first-order valence-corrected chi connectivity index (χ1v) is 10.9. The number of nitrogens with zero attached hydrogens (tertiary/aromatic N) is 7. The van der Waals surface area contributed by atoms with E-state index in [9.17, 15) is 4.79 Å². The van der Waals surface area contributed by atoms with Crippen LogP contribution < -0.4 is 9.80 Å². The molecule has 0 unspecified atom stereocenters. The fraction of sp³-hybridized carbons (Fsp3) is 0.160. The lowest BCUT2D eigenvalue weighted by Crippen LogP contribution is -2.47. The second-order valence-corrected chi connectivity index (χ2v) is 8.02. The Morgan fingerprint density at radius 1 is 0.818 bits per heavy atom. The van der Waals surface area contributed by atoms with Crippen molar-refractivity contribution in [1.29, 1.82) is 0 Å². The van der Waals surface area contributed by atoms with Crippen molar-refractivity contribution in [2.45, 2.75) is 0 Å². The van der Waals surface area contributed by atoms with Crippen LogP contribution in [0, 0.1) is 0 Å². The van der Waals surface area contributed by atoms with Crippen LogP contribution in [-0.2, 0) is 0 Å². The zero-order valence-electron chi connectivity index (χ0n) is 17.9. The minimum atomic E-state index is -0.0200. The molecule has 0 amide bonds. The summed E-state index contributed by atoms with van der Waals surface area (Å²) in [6.07, 6.45) is 3.51. The van der Waals surface area contributed by atoms with Gasteiger partial charge in [0.05, 0.1) is 11.0 Å². The summed E-state index contributed by atoms with van der Waals surface area (Å²) in [5, 5.41) is 8.49. The molecule has 162 valence electrons. The number of hydrogen-bond donors (Lipinski definition) is 0. The third-order valence-electron chi connectivity index (χ3n) is 6.06. The molecule has 0 aliphatic carbocycles. The normalized spacial score (nSPS) is 14.2. The molecule has 33 heavy (non-hydrogen) atoms. The molecule has 0 N–H and O–H groups in total. The van der Waals surface area contributed by atoms with Gasteiger partial charge in [-0.25, -0.2) is 9.97 Å². The maximum absolute atomic E-state index is 12.9. The zero-order valence-corrected chi connectivity index (χ0v) is 17.9. The summed E-state index contributed by atoms with van der Waals surface area (Å²) in [5.74, 6) is 1.78. The van der Waals surface area contributed by atoms with Crippen LogP contribution in [0.15, 0.2) is 79.3 Å². The third kappa shape index (κ3) is 3.45. The zero-order chi connectivity index (χ0) is 22.2. The molecule has 1 aliphatic rings. The van der Waals surface area contributed by atoms with E-state index in [1.165, 1.54) is 0 Å². The van der Waals surface area contributed by atoms with Gasteiger partial charge in [-0.3, -0.25) is 9.20 Å². The number of carbonyl (C=O) groups is 1. The number of fused-ring (bicyclic) bond motifs is 3. The number of rotatable bonds is 4. The molecular formula is C25H21N7O. The average Bonchev–Trinajstić information content (AvgIpc) is 3.39. The molecular weight excluding hydrogens is 414 g/mol. The van der Waals surface area contributed by atoms with Crippen LogP contribution in [0.1, 0.15) is 15.9 Å². The van der Waals surface area contributed by atoms with Gasteiger partial charge in [-0.05, 0) is 30.3 Å². The number of carbonyl (C=O) groups excluding carboxylic acids is 1. The van der Waals surface area contributed by atoms with E-state index in [0.29, 0.717) is 16.8 Å². The number of hydrogen-bond acceptors (Lipinski definition) is 7. The lowest BCUT2D eigenvalue weighted by atomic mass is 10.0. The van der Waals surface area contributed by atoms with Crippen molar-refractivity contribution in [2.24, 2.45) is 0 Å². The molecule has 0 bridgehead atoms. The maximum Gasteiger partial charge on any atom is 0.204 e. The summed E-state index contributed by atoms with van der Waals surface area (Å²) in [5.41, 5.74) is 3.58. The number of pyridine rings is 1. The molecule has 0 radical (unpaired) electrons. The van der Waals surface area contributed by atoms with Crippen LogP contribution in [0.2, 0.25) is 0 Å². The highest BCUT2D eigenvalue weighted by molar-refractivity contribution is 6.10. The highest BCUT2D eigenvalue weighted by Gasteiger charge is 2.23. The molecule has 3 aromatic heterocycles. The first kappa shape index (κ1) is 19.4. The molecule has 6 rings (SSSR count). The Morgan fingerprint density at radius 2 is 1.61 bits per heavy atom. The molecule has 8 nitrogen and oxygen atoms in total. The fourth-order valence-corrected chi connectivity index (χ4v) is 4.34. The van der Waals surface area contributed by atoms with Crippen LogP contribution in [0.25, 0.3) is 16.7 Å². The van der Waals surface area contributed by atoms with Crippen LogP contribution in [0.4, 0.5) is 11.6 Å². The second kappa shape index (κ2) is 7.98. The molecule has 0 atom stereocenters. The fourth-order valence-electron chi connectivity index (χ4n) is 4.34. The van der Waals surface area contributed by atoms with Gasteiger partial charge >= 0.3 is 0 Å². The second-order valence-electron chi connectivity index (χ2n) is 8.02. The highest BCUT2D eigenvalue weighted by Crippen LogP contribution is 2.26. The van der Waals surface area contributed by atoms with Crippen molar-refractivity contribution in [3.8, 4) is 0 Å². The number of benzene rings is 2. The van der Waals surface area contributed by atoms with E-state index < -0.39 is 0 Å². The maximum atomic E-state index is 12.9. The lowest BCUT2D eigenvalue weighted by Gasteiger charge is -2.36. The number of piperazine rings is 1. The Labute approximate surface area is 190 Å². The van der Waals surface area contributed by atoms with Gasteiger partial charge in [0, 0.05) is 43.5 Å². The number of anilines is 2. The van der Waals surface area contributed by atoms with E-state index in [1.807, 2.05) is 77.3 Å². The van der Waals surface area contributed by atoms with Gasteiger partial charge in [0.2, 0.25) is 5.65 Å². The van der Waals surface area contributed by atoms with Gasteiger partial charge in [0.1, 0.15) is 12.1 Å². The van der Waals surface area contributed by atoms with E-state index >= 15 is 0 Å². The Bertz CT molecular complexity index is 1440. The molecule has 4 heterocycles. The van der Waals surface area contributed by atoms with Gasteiger partial charge in [-0.2, -0.15) is 0 Å². The lowest BCUT2D eigenvalue weighted by molar-refractivity contribution is 0.103. The number of aromatic nitrogens is 5. The summed E-state index contributed by atoms with van der Waals surface area (Å²) in [7, 11) is 0. The topological polar surface area (TPSA) is 79.5 Å². The van der Waals surface area contributed by atoms with Crippen molar-refractivity contribution < 1.29 is 4.79 Å². The van der Waals surface area contributed by atoms with Crippen LogP contribution >= 0.6 is 0 Å². The first-order valence-electron chi connectivity index (χ1n) is 10.9. The summed E-state index contributed by atoms with van der Waals surface area (Å²) in [4.78, 5) is 26.9. The molecule has 5 aromatic rings. The average molecular weight is 435 g/mol. The van der Waals surface area contributed by atoms with Gasteiger partial charge in [0.15, 0.2) is 11.6 Å². The molecule has 0 spiro atoms. The minimum Gasteiger partial charge on any atom is -0.353 e. The third-order valence-corrected chi connectivity index (χ3v) is 6.06. The standard InChI is InChI=1S/C25H21N7O/c33-23(18-6-2-1-3-7-18)19-9-10-20-21(16-19)32-17-27-29-25(32)24(28-20)31-14-12-30(13-15-31)22-8-4-5-11-26-22/h1-11,16-17H,12-15H2. The SMILES string of the molecule is O=C(c1ccccc1)c1ccc2nc(N3CCN(c4ccccn4)CC3)c3nncn3c2c1. The minimum absolute atomic E-state index is 0.0200. The van der Waals surface area contributed by atoms with Gasteiger partial charge in [0.25, 0.3) is 0 Å². The molecule has 1 fully saturated rings. The monoisotopic (exact) mass is 435 g/mol. The molecule has 2 aromatic carbocycles. The predicted octanol–water partition coefficient (Wildman–Crippen LogP) is 3.23. The molecule has 8 heteroatoms. The van der Waals surface area contributed by atoms with E-state index in [-0.39, 0.29) is 5.78 Å². The Balaban J connectivity index is 1.34. The van der Waals surface area contributed by atoms with Crippen molar-refractivity contribution in [2.75, 3.05) is 36.0 Å². The molecule has 1 aliphatic heterocycles. The van der Waals surface area contributed by atoms with Gasteiger partial charge < -0.3 is 9.80 Å². The van der Waals surface area contributed by atoms with E-state index in [2.05, 4.69) is 25.0 Å². The molecule has 1 saturated heterocycles. The quantitative estimate of drug-likeness (QED) is 0.401. The molecule has 0 saturated carbocycles. The summed E-state index contributed by atoms with van der Waals surface area (Å²) in [6, 6.07) is 20.9. The Kier molecular flexibility index (Phi) is 4.68.